The first-order valence-electron chi connectivity index (χ1n) is 5.32. The van der Waals surface area contributed by atoms with Gasteiger partial charge in [-0.1, -0.05) is 9.94 Å². The summed E-state index contributed by atoms with van der Waals surface area (Å²) in [6, 6.07) is 2.27. The molecule has 0 aliphatic carbocycles. The molecule has 20 heavy (non-hydrogen) atoms. The minimum absolute atomic E-state index is 0.0366. The Morgan fingerprint density at radius 3 is 2.60 bits per heavy atom. The zero-order valence-electron chi connectivity index (χ0n) is 10.2. The van der Waals surface area contributed by atoms with E-state index >= 15 is 0 Å². The Morgan fingerprint density at radius 1 is 1.35 bits per heavy atom. The van der Waals surface area contributed by atoms with E-state index in [1.54, 1.807) is 0 Å². The lowest BCUT2D eigenvalue weighted by Crippen LogP contribution is -2.13. The van der Waals surface area contributed by atoms with Crippen LogP contribution in [0.4, 0.5) is 8.78 Å². The van der Waals surface area contributed by atoms with E-state index in [2.05, 4.69) is 14.8 Å². The first-order chi connectivity index (χ1) is 9.49. The SMILES string of the molecule is COC(=O)COc1nc(-c2cc(F)cc(F)c2)n(O)n1. The fourth-order valence-corrected chi connectivity index (χ4v) is 1.39. The molecule has 1 N–H and O–H groups in total. The van der Waals surface area contributed by atoms with E-state index in [0.717, 1.165) is 12.1 Å². The van der Waals surface area contributed by atoms with Crippen LogP contribution >= 0.6 is 0 Å². The smallest absolute Gasteiger partial charge is 0.344 e. The molecule has 0 bridgehead atoms. The molecule has 106 valence electrons. The second-order valence-corrected chi connectivity index (χ2v) is 3.63. The zero-order chi connectivity index (χ0) is 14.7. The Morgan fingerprint density at radius 2 is 2.00 bits per heavy atom. The normalized spacial score (nSPS) is 10.3. The van der Waals surface area contributed by atoms with Gasteiger partial charge in [0.25, 0.3) is 0 Å². The minimum Gasteiger partial charge on any atom is -0.466 e. The number of halogens is 2. The third-order valence-corrected chi connectivity index (χ3v) is 2.24. The summed E-state index contributed by atoms with van der Waals surface area (Å²) < 4.78 is 35.3. The molecule has 0 saturated carbocycles. The summed E-state index contributed by atoms with van der Waals surface area (Å²) in [5.74, 6) is -2.57. The summed E-state index contributed by atoms with van der Waals surface area (Å²) in [6.45, 7) is -0.461. The van der Waals surface area contributed by atoms with E-state index in [9.17, 15) is 18.8 Å². The molecule has 0 amide bonds. The Balaban J connectivity index is 2.24. The molecule has 1 aromatic heterocycles. The third-order valence-electron chi connectivity index (χ3n) is 2.24. The molecule has 2 rings (SSSR count). The van der Waals surface area contributed by atoms with Crippen molar-refractivity contribution in [2.75, 3.05) is 13.7 Å². The second-order valence-electron chi connectivity index (χ2n) is 3.63. The third kappa shape index (κ3) is 2.99. The van der Waals surface area contributed by atoms with Crippen LogP contribution in [0.15, 0.2) is 18.2 Å². The topological polar surface area (TPSA) is 86.5 Å². The zero-order valence-corrected chi connectivity index (χ0v) is 10.2. The maximum absolute atomic E-state index is 13.1. The van der Waals surface area contributed by atoms with Gasteiger partial charge in [-0.15, -0.1) is 0 Å². The fraction of sp³-hybridized carbons (Fsp3) is 0.182. The van der Waals surface area contributed by atoms with E-state index in [-0.39, 0.29) is 17.4 Å². The van der Waals surface area contributed by atoms with E-state index in [1.165, 1.54) is 7.11 Å². The first-order valence-corrected chi connectivity index (χ1v) is 5.32. The Labute approximate surface area is 111 Å². The Kier molecular flexibility index (Phi) is 3.78. The van der Waals surface area contributed by atoms with Gasteiger partial charge in [0.05, 0.1) is 7.11 Å². The standard InChI is InChI=1S/C11H9F2N3O4/c1-19-9(17)5-20-11-14-10(16(18)15-11)6-2-7(12)4-8(13)3-6/h2-4,18H,5H2,1H3. The van der Waals surface area contributed by atoms with Crippen LogP contribution < -0.4 is 4.74 Å². The highest BCUT2D eigenvalue weighted by Crippen LogP contribution is 2.21. The number of hydrogen-bond donors (Lipinski definition) is 1. The van der Waals surface area contributed by atoms with E-state index < -0.39 is 24.2 Å². The molecular weight excluding hydrogens is 276 g/mol. The number of carbonyl (C=O) groups is 1. The van der Waals surface area contributed by atoms with Gasteiger partial charge in [0, 0.05) is 11.6 Å². The van der Waals surface area contributed by atoms with Gasteiger partial charge in [-0.2, -0.15) is 4.98 Å². The monoisotopic (exact) mass is 285 g/mol. The molecule has 0 unspecified atom stereocenters. The maximum Gasteiger partial charge on any atom is 0.344 e. The van der Waals surface area contributed by atoms with Gasteiger partial charge in [-0.05, 0) is 12.1 Å². The Hall–Kier alpha value is -2.71. The lowest BCUT2D eigenvalue weighted by atomic mass is 10.2. The maximum atomic E-state index is 13.1. The van der Waals surface area contributed by atoms with Crippen LogP contribution in [0.5, 0.6) is 6.01 Å². The van der Waals surface area contributed by atoms with Crippen molar-refractivity contribution in [1.82, 2.24) is 14.9 Å². The largest absolute Gasteiger partial charge is 0.466 e. The molecule has 0 aliphatic heterocycles. The van der Waals surface area contributed by atoms with Gasteiger partial charge >= 0.3 is 12.0 Å². The predicted molar refractivity (Wildman–Crippen MR) is 60.1 cm³/mol. The first kappa shape index (κ1) is 13.7. The highest BCUT2D eigenvalue weighted by molar-refractivity contribution is 5.70. The van der Waals surface area contributed by atoms with Crippen LogP contribution in [0.1, 0.15) is 0 Å². The number of ether oxygens (including phenoxy) is 2. The lowest BCUT2D eigenvalue weighted by Gasteiger charge is -1.99. The average molecular weight is 285 g/mol. The van der Waals surface area contributed by atoms with Gasteiger partial charge in [-0.3, -0.25) is 0 Å². The van der Waals surface area contributed by atoms with Gasteiger partial charge < -0.3 is 14.7 Å². The van der Waals surface area contributed by atoms with Crippen molar-refractivity contribution in [3.05, 3.63) is 29.8 Å². The second kappa shape index (κ2) is 5.51. The highest BCUT2D eigenvalue weighted by atomic mass is 19.1. The van der Waals surface area contributed by atoms with Crippen molar-refractivity contribution in [3.63, 3.8) is 0 Å². The number of rotatable bonds is 4. The van der Waals surface area contributed by atoms with Crippen molar-refractivity contribution in [3.8, 4) is 17.4 Å². The molecule has 0 fully saturated rings. The number of aromatic nitrogens is 3. The number of esters is 1. The molecule has 1 aromatic carbocycles. The predicted octanol–water partition coefficient (Wildman–Crippen LogP) is 1.01. The molecule has 1 heterocycles. The number of benzene rings is 1. The minimum atomic E-state index is -0.833. The summed E-state index contributed by atoms with van der Waals surface area (Å²) >= 11 is 0. The number of nitrogens with zero attached hydrogens (tertiary/aromatic N) is 3. The molecule has 0 radical (unpaired) electrons. The quantitative estimate of drug-likeness (QED) is 0.666. The van der Waals surface area contributed by atoms with Gasteiger partial charge in [0.1, 0.15) is 11.6 Å². The molecular formula is C11H9F2N3O4. The van der Waals surface area contributed by atoms with Crippen LogP contribution in [-0.2, 0) is 9.53 Å². The van der Waals surface area contributed by atoms with Crippen LogP contribution in [0.25, 0.3) is 11.4 Å². The summed E-state index contributed by atoms with van der Waals surface area (Å²) in [4.78, 5) is 14.9. The van der Waals surface area contributed by atoms with Gasteiger partial charge in [-0.25, -0.2) is 13.6 Å². The lowest BCUT2D eigenvalue weighted by molar-refractivity contribution is -0.143. The molecule has 0 saturated heterocycles. The van der Waals surface area contributed by atoms with Crippen molar-refractivity contribution >= 4 is 5.97 Å². The van der Waals surface area contributed by atoms with Gasteiger partial charge in [0.15, 0.2) is 6.61 Å². The van der Waals surface area contributed by atoms with E-state index in [1.807, 2.05) is 0 Å². The molecule has 2 aromatic rings. The summed E-state index contributed by atoms with van der Waals surface area (Å²) in [5, 5.41) is 12.9. The van der Waals surface area contributed by atoms with Crippen LogP contribution in [0.3, 0.4) is 0 Å². The van der Waals surface area contributed by atoms with Crippen LogP contribution in [0.2, 0.25) is 0 Å². The Bertz CT molecular complexity index is 624. The van der Waals surface area contributed by atoms with Crippen molar-refractivity contribution in [2.45, 2.75) is 0 Å². The number of hydrogen-bond acceptors (Lipinski definition) is 6. The van der Waals surface area contributed by atoms with Crippen molar-refractivity contribution in [2.24, 2.45) is 0 Å². The number of carbonyl (C=O) groups excluding carboxylic acids is 1. The summed E-state index contributed by atoms with van der Waals surface area (Å²) in [6.07, 6.45) is 0. The molecule has 7 nitrogen and oxygen atoms in total. The van der Waals surface area contributed by atoms with Gasteiger partial charge in [0.2, 0.25) is 5.82 Å². The summed E-state index contributed by atoms with van der Waals surface area (Å²) in [5.41, 5.74) is -0.0366. The molecule has 0 atom stereocenters. The molecule has 9 heteroatoms. The van der Waals surface area contributed by atoms with E-state index in [4.69, 9.17) is 4.74 Å². The van der Waals surface area contributed by atoms with Crippen molar-refractivity contribution in [1.29, 1.82) is 0 Å². The van der Waals surface area contributed by atoms with Crippen LogP contribution in [0, 0.1) is 11.6 Å². The summed E-state index contributed by atoms with van der Waals surface area (Å²) in [7, 11) is 1.17. The van der Waals surface area contributed by atoms with E-state index in [0.29, 0.717) is 10.9 Å². The highest BCUT2D eigenvalue weighted by Gasteiger charge is 2.15. The molecule has 0 aliphatic rings. The molecule has 0 spiro atoms. The fourth-order valence-electron chi connectivity index (χ4n) is 1.39. The van der Waals surface area contributed by atoms with Crippen molar-refractivity contribution < 1.29 is 28.3 Å². The van der Waals surface area contributed by atoms with Crippen LogP contribution in [-0.4, -0.2) is 39.8 Å². The number of methoxy groups -OCH3 is 1. The average Bonchev–Trinajstić information content (AvgIpc) is 2.76.